The number of hydrogen-bond acceptors (Lipinski definition) is 7. The second-order valence-electron chi connectivity index (χ2n) is 7.00. The first-order chi connectivity index (χ1) is 15.8. The number of carboxylic acid groups (broad SMARTS) is 1. The highest BCUT2D eigenvalue weighted by Crippen LogP contribution is 2.39. The number of carbonyl (C=O) groups is 3. The van der Waals surface area contributed by atoms with E-state index in [0.29, 0.717) is 46.0 Å². The zero-order valence-electron chi connectivity index (χ0n) is 18.0. The maximum Gasteiger partial charge on any atom is 0.335 e. The van der Waals surface area contributed by atoms with Crippen LogP contribution in [0.1, 0.15) is 27.9 Å². The first kappa shape index (κ1) is 24.8. The summed E-state index contributed by atoms with van der Waals surface area (Å²) in [5.74, 6) is -0.418. The van der Waals surface area contributed by atoms with Gasteiger partial charge in [-0.3, -0.25) is 14.5 Å². The van der Waals surface area contributed by atoms with E-state index in [1.54, 1.807) is 37.5 Å². The van der Waals surface area contributed by atoms with Crippen LogP contribution in [0, 0.1) is 0 Å². The molecule has 1 aliphatic rings. The number of amides is 2. The lowest BCUT2D eigenvalue weighted by atomic mass is 10.1. The Kier molecular flexibility index (Phi) is 8.54. The highest BCUT2D eigenvalue weighted by atomic mass is 79.9. The standard InChI is InChI=1S/C23H22BrNO7S/c1-30-9-3-8-25-21(26)19(33-23(25)29)12-15-10-17(24)20(18(11-15)31-2)32-13-14-4-6-16(7-5-14)22(27)28/h4-7,10-12H,3,8-9,13H2,1-2H3,(H,27,28)/b19-12+. The van der Waals surface area contributed by atoms with E-state index < -0.39 is 5.97 Å². The van der Waals surface area contributed by atoms with Gasteiger partial charge in [-0.1, -0.05) is 12.1 Å². The highest BCUT2D eigenvalue weighted by Gasteiger charge is 2.34. The number of methoxy groups -OCH3 is 2. The molecule has 1 N–H and O–H groups in total. The summed E-state index contributed by atoms with van der Waals surface area (Å²) in [5, 5.41) is 8.70. The van der Waals surface area contributed by atoms with Crippen molar-refractivity contribution in [2.75, 3.05) is 27.4 Å². The SMILES string of the molecule is COCCCN1C(=O)S/C(=C/c2cc(Br)c(OCc3ccc(C(=O)O)cc3)c(OC)c2)C1=O. The van der Waals surface area contributed by atoms with Gasteiger partial charge in [0.1, 0.15) is 6.61 Å². The van der Waals surface area contributed by atoms with Crippen LogP contribution in [0.4, 0.5) is 4.79 Å². The minimum atomic E-state index is -0.990. The molecule has 8 nitrogen and oxygen atoms in total. The van der Waals surface area contributed by atoms with Crippen LogP contribution < -0.4 is 9.47 Å². The predicted octanol–water partition coefficient (Wildman–Crippen LogP) is 4.81. The normalized spacial score (nSPS) is 14.8. The number of ether oxygens (including phenoxy) is 3. The first-order valence-corrected chi connectivity index (χ1v) is 11.5. The number of halogens is 1. The van der Waals surface area contributed by atoms with Crippen LogP contribution in [-0.2, 0) is 16.1 Å². The average molecular weight is 536 g/mol. The molecular formula is C23H22BrNO7S. The molecule has 0 unspecified atom stereocenters. The summed E-state index contributed by atoms with van der Waals surface area (Å²) < 4.78 is 16.9. The van der Waals surface area contributed by atoms with E-state index in [0.717, 1.165) is 17.3 Å². The van der Waals surface area contributed by atoms with E-state index in [4.69, 9.17) is 19.3 Å². The second-order valence-corrected chi connectivity index (χ2v) is 8.85. The fourth-order valence-electron chi connectivity index (χ4n) is 3.07. The van der Waals surface area contributed by atoms with Gasteiger partial charge in [-0.15, -0.1) is 0 Å². The van der Waals surface area contributed by atoms with E-state index in [-0.39, 0.29) is 23.3 Å². The third kappa shape index (κ3) is 6.16. The monoisotopic (exact) mass is 535 g/mol. The van der Waals surface area contributed by atoms with Crippen molar-refractivity contribution >= 4 is 50.9 Å². The second kappa shape index (κ2) is 11.4. The van der Waals surface area contributed by atoms with Crippen LogP contribution in [0.3, 0.4) is 0 Å². The van der Waals surface area contributed by atoms with Crippen LogP contribution in [0.5, 0.6) is 11.5 Å². The summed E-state index contributed by atoms with van der Waals surface area (Å²) in [5.41, 5.74) is 1.66. The number of thioether (sulfide) groups is 1. The van der Waals surface area contributed by atoms with E-state index >= 15 is 0 Å². The van der Waals surface area contributed by atoms with Gasteiger partial charge in [-0.2, -0.15) is 0 Å². The Bertz CT molecular complexity index is 1080. The largest absolute Gasteiger partial charge is 0.493 e. The van der Waals surface area contributed by atoms with E-state index in [9.17, 15) is 14.4 Å². The maximum absolute atomic E-state index is 12.6. The van der Waals surface area contributed by atoms with Gasteiger partial charge >= 0.3 is 5.97 Å². The zero-order valence-corrected chi connectivity index (χ0v) is 20.4. The maximum atomic E-state index is 12.6. The Hall–Kier alpha value is -2.82. The van der Waals surface area contributed by atoms with Crippen LogP contribution >= 0.6 is 27.7 Å². The minimum Gasteiger partial charge on any atom is -0.493 e. The Balaban J connectivity index is 1.75. The quantitative estimate of drug-likeness (QED) is 0.341. The molecule has 2 amide bonds. The first-order valence-electron chi connectivity index (χ1n) is 9.91. The number of carboxylic acids is 1. The third-order valence-corrected chi connectivity index (χ3v) is 6.23. The molecule has 0 spiro atoms. The van der Waals surface area contributed by atoms with Crippen LogP contribution in [0.15, 0.2) is 45.8 Å². The number of carbonyl (C=O) groups excluding carboxylic acids is 2. The fraction of sp³-hybridized carbons (Fsp3) is 0.261. The molecule has 0 radical (unpaired) electrons. The van der Waals surface area contributed by atoms with Crippen LogP contribution in [-0.4, -0.2) is 54.5 Å². The summed E-state index contributed by atoms with van der Waals surface area (Å²) in [6.07, 6.45) is 2.22. The van der Waals surface area contributed by atoms with Gasteiger partial charge < -0.3 is 19.3 Å². The fourth-order valence-corrected chi connectivity index (χ4v) is 4.51. The predicted molar refractivity (Wildman–Crippen MR) is 128 cm³/mol. The highest BCUT2D eigenvalue weighted by molar-refractivity contribution is 9.10. The molecule has 0 aliphatic carbocycles. The number of benzene rings is 2. The van der Waals surface area contributed by atoms with Crippen molar-refractivity contribution < 1.29 is 33.7 Å². The summed E-state index contributed by atoms with van der Waals surface area (Å²) in [6, 6.07) is 9.87. The van der Waals surface area contributed by atoms with Gasteiger partial charge in [0, 0.05) is 20.3 Å². The molecule has 3 rings (SSSR count). The molecule has 1 fully saturated rings. The molecule has 1 aliphatic heterocycles. The molecule has 1 heterocycles. The third-order valence-electron chi connectivity index (χ3n) is 4.74. The number of rotatable bonds is 10. The van der Waals surface area contributed by atoms with E-state index in [2.05, 4.69) is 15.9 Å². The zero-order chi connectivity index (χ0) is 24.0. The lowest BCUT2D eigenvalue weighted by Gasteiger charge is -2.14. The number of imide groups is 1. The molecule has 10 heteroatoms. The molecule has 174 valence electrons. The molecule has 0 saturated carbocycles. The van der Waals surface area contributed by atoms with Crippen molar-refractivity contribution in [1.82, 2.24) is 4.90 Å². The summed E-state index contributed by atoms with van der Waals surface area (Å²) >= 11 is 4.38. The van der Waals surface area contributed by atoms with Crippen molar-refractivity contribution in [2.24, 2.45) is 0 Å². The lowest BCUT2D eigenvalue weighted by molar-refractivity contribution is -0.122. The number of hydrogen-bond donors (Lipinski definition) is 1. The molecule has 33 heavy (non-hydrogen) atoms. The topological polar surface area (TPSA) is 102 Å². The molecular weight excluding hydrogens is 514 g/mol. The molecule has 2 aromatic rings. The smallest absolute Gasteiger partial charge is 0.335 e. The van der Waals surface area contributed by atoms with Crippen molar-refractivity contribution in [1.29, 1.82) is 0 Å². The Morgan fingerprint density at radius 2 is 1.91 bits per heavy atom. The minimum absolute atomic E-state index is 0.199. The van der Waals surface area contributed by atoms with Crippen molar-refractivity contribution in [3.05, 3.63) is 62.5 Å². The number of nitrogens with zero attached hydrogens (tertiary/aromatic N) is 1. The van der Waals surface area contributed by atoms with Gasteiger partial charge in [0.25, 0.3) is 11.1 Å². The Labute approximate surface area is 203 Å². The number of aromatic carboxylic acids is 1. The molecule has 0 atom stereocenters. The Morgan fingerprint density at radius 3 is 2.55 bits per heavy atom. The molecule has 2 aromatic carbocycles. The van der Waals surface area contributed by atoms with Gasteiger partial charge in [0.15, 0.2) is 11.5 Å². The lowest BCUT2D eigenvalue weighted by Crippen LogP contribution is -2.29. The van der Waals surface area contributed by atoms with Gasteiger partial charge in [0.2, 0.25) is 0 Å². The van der Waals surface area contributed by atoms with Crippen molar-refractivity contribution in [3.63, 3.8) is 0 Å². The van der Waals surface area contributed by atoms with Crippen LogP contribution in [0.25, 0.3) is 6.08 Å². The van der Waals surface area contributed by atoms with Crippen molar-refractivity contribution in [3.8, 4) is 11.5 Å². The van der Waals surface area contributed by atoms with Gasteiger partial charge in [-0.05, 0) is 75.6 Å². The molecule has 0 aromatic heterocycles. The van der Waals surface area contributed by atoms with Gasteiger partial charge in [-0.25, -0.2) is 4.79 Å². The van der Waals surface area contributed by atoms with Crippen molar-refractivity contribution in [2.45, 2.75) is 13.0 Å². The van der Waals surface area contributed by atoms with E-state index in [1.807, 2.05) is 0 Å². The summed E-state index contributed by atoms with van der Waals surface area (Å²) in [7, 11) is 3.07. The Morgan fingerprint density at radius 1 is 1.18 bits per heavy atom. The van der Waals surface area contributed by atoms with Crippen LogP contribution in [0.2, 0.25) is 0 Å². The average Bonchev–Trinajstić information content (AvgIpc) is 3.05. The van der Waals surface area contributed by atoms with E-state index in [1.165, 1.54) is 24.1 Å². The summed E-state index contributed by atoms with van der Waals surface area (Å²) in [4.78, 5) is 37.4. The van der Waals surface area contributed by atoms with Gasteiger partial charge in [0.05, 0.1) is 22.1 Å². The molecule has 1 saturated heterocycles. The molecule has 0 bridgehead atoms. The summed E-state index contributed by atoms with van der Waals surface area (Å²) in [6.45, 7) is 0.980.